The van der Waals surface area contributed by atoms with Crippen LogP contribution in [0.1, 0.15) is 40.9 Å². The molecule has 1 amide bonds. The Balaban J connectivity index is 1.77. The standard InChI is InChI=1S/C18H25N3O2/c1-12-13(2)21-16-14(12)5-3-6-15(16)17(22)20-11-18(23)7-4-9-19-10-8-18/h3,5-6,19,21,23H,4,7-11H2,1-2H3,(H,20,22)/t18-/m1/s1. The lowest BCUT2D eigenvalue weighted by atomic mass is 9.94. The summed E-state index contributed by atoms with van der Waals surface area (Å²) >= 11 is 0. The van der Waals surface area contributed by atoms with E-state index in [1.807, 2.05) is 25.1 Å². The Morgan fingerprint density at radius 2 is 2.13 bits per heavy atom. The molecule has 0 bridgehead atoms. The number of benzene rings is 1. The van der Waals surface area contributed by atoms with Crippen LogP contribution >= 0.6 is 0 Å². The van der Waals surface area contributed by atoms with Gasteiger partial charge in [0.25, 0.3) is 5.91 Å². The van der Waals surface area contributed by atoms with Gasteiger partial charge in [-0.05, 0) is 57.8 Å². The van der Waals surface area contributed by atoms with Crippen LogP contribution < -0.4 is 10.6 Å². The van der Waals surface area contributed by atoms with Gasteiger partial charge in [0.1, 0.15) is 0 Å². The average Bonchev–Trinajstić information content (AvgIpc) is 2.72. The molecule has 1 aliphatic heterocycles. The molecule has 3 rings (SSSR count). The summed E-state index contributed by atoms with van der Waals surface area (Å²) in [4.78, 5) is 15.9. The van der Waals surface area contributed by atoms with E-state index in [9.17, 15) is 9.90 Å². The van der Waals surface area contributed by atoms with Crippen molar-refractivity contribution in [3.63, 3.8) is 0 Å². The summed E-state index contributed by atoms with van der Waals surface area (Å²) in [7, 11) is 0. The summed E-state index contributed by atoms with van der Waals surface area (Å²) in [6.45, 7) is 6.07. The van der Waals surface area contributed by atoms with E-state index in [1.54, 1.807) is 0 Å². The van der Waals surface area contributed by atoms with Crippen molar-refractivity contribution in [1.82, 2.24) is 15.6 Å². The Morgan fingerprint density at radius 1 is 1.30 bits per heavy atom. The first-order valence-corrected chi connectivity index (χ1v) is 8.29. The van der Waals surface area contributed by atoms with Gasteiger partial charge >= 0.3 is 0 Å². The molecule has 5 heteroatoms. The predicted octanol–water partition coefficient (Wildman–Crippen LogP) is 2.02. The maximum Gasteiger partial charge on any atom is 0.253 e. The van der Waals surface area contributed by atoms with Crippen molar-refractivity contribution >= 4 is 16.8 Å². The highest BCUT2D eigenvalue weighted by molar-refractivity contribution is 6.06. The van der Waals surface area contributed by atoms with Crippen LogP contribution in [-0.2, 0) is 0 Å². The number of rotatable bonds is 3. The summed E-state index contributed by atoms with van der Waals surface area (Å²) < 4.78 is 0. The van der Waals surface area contributed by atoms with E-state index in [4.69, 9.17) is 0 Å². The third kappa shape index (κ3) is 3.26. The Bertz CT molecular complexity index is 712. The number of hydrogen-bond acceptors (Lipinski definition) is 3. The Morgan fingerprint density at radius 3 is 2.96 bits per heavy atom. The second kappa shape index (κ2) is 6.34. The van der Waals surface area contributed by atoms with Gasteiger partial charge in [-0.15, -0.1) is 0 Å². The third-order valence-electron chi connectivity index (χ3n) is 4.93. The summed E-state index contributed by atoms with van der Waals surface area (Å²) in [5, 5.41) is 17.9. The molecule has 1 fully saturated rings. The van der Waals surface area contributed by atoms with Gasteiger partial charge in [0.05, 0.1) is 16.7 Å². The maximum absolute atomic E-state index is 12.6. The summed E-state index contributed by atoms with van der Waals surface area (Å²) in [6.07, 6.45) is 2.31. The maximum atomic E-state index is 12.6. The van der Waals surface area contributed by atoms with Gasteiger partial charge in [-0.3, -0.25) is 4.79 Å². The topological polar surface area (TPSA) is 77.2 Å². The number of fused-ring (bicyclic) bond motifs is 1. The molecule has 1 aromatic heterocycles. The van der Waals surface area contributed by atoms with E-state index in [1.165, 1.54) is 5.56 Å². The van der Waals surface area contributed by atoms with Crippen LogP contribution in [0.15, 0.2) is 18.2 Å². The zero-order chi connectivity index (χ0) is 16.4. The summed E-state index contributed by atoms with van der Waals surface area (Å²) in [6, 6.07) is 5.75. The van der Waals surface area contributed by atoms with Gasteiger partial charge in [0.15, 0.2) is 0 Å². The number of H-pyrrole nitrogens is 1. The first-order valence-electron chi connectivity index (χ1n) is 8.29. The van der Waals surface area contributed by atoms with E-state index in [0.717, 1.165) is 36.1 Å². The van der Waals surface area contributed by atoms with Crippen molar-refractivity contribution < 1.29 is 9.90 Å². The number of amides is 1. The normalized spacial score (nSPS) is 22.0. The van der Waals surface area contributed by atoms with E-state index < -0.39 is 5.60 Å². The van der Waals surface area contributed by atoms with Crippen molar-refractivity contribution in [2.75, 3.05) is 19.6 Å². The summed E-state index contributed by atoms with van der Waals surface area (Å²) in [5.74, 6) is -0.137. The summed E-state index contributed by atoms with van der Waals surface area (Å²) in [5.41, 5.74) is 2.94. The van der Waals surface area contributed by atoms with Crippen molar-refractivity contribution in [2.24, 2.45) is 0 Å². The van der Waals surface area contributed by atoms with Crippen LogP contribution in [0.25, 0.3) is 10.9 Å². The van der Waals surface area contributed by atoms with Crippen LogP contribution in [0.5, 0.6) is 0 Å². The molecule has 124 valence electrons. The predicted molar refractivity (Wildman–Crippen MR) is 91.8 cm³/mol. The zero-order valence-corrected chi connectivity index (χ0v) is 13.8. The first-order chi connectivity index (χ1) is 11.0. The van der Waals surface area contributed by atoms with Gasteiger partial charge in [-0.2, -0.15) is 0 Å². The fourth-order valence-electron chi connectivity index (χ4n) is 3.30. The van der Waals surface area contributed by atoms with Crippen LogP contribution in [-0.4, -0.2) is 41.2 Å². The molecule has 1 atom stereocenters. The molecule has 0 saturated carbocycles. The fourth-order valence-corrected chi connectivity index (χ4v) is 3.30. The third-order valence-corrected chi connectivity index (χ3v) is 4.93. The molecular formula is C18H25N3O2. The SMILES string of the molecule is Cc1[nH]c2c(C(=O)NC[C@@]3(O)CCCNCC3)cccc2c1C. The Hall–Kier alpha value is -1.85. The van der Waals surface area contributed by atoms with Crippen LogP contribution in [0.3, 0.4) is 0 Å². The molecule has 5 nitrogen and oxygen atoms in total. The minimum Gasteiger partial charge on any atom is -0.388 e. The van der Waals surface area contributed by atoms with Crippen molar-refractivity contribution in [2.45, 2.75) is 38.7 Å². The average molecular weight is 315 g/mol. The van der Waals surface area contributed by atoms with E-state index in [-0.39, 0.29) is 5.91 Å². The highest BCUT2D eigenvalue weighted by Crippen LogP contribution is 2.24. The number of hydrogen-bond donors (Lipinski definition) is 4. The fraction of sp³-hybridized carbons (Fsp3) is 0.500. The van der Waals surface area contributed by atoms with Gasteiger partial charge in [0, 0.05) is 17.6 Å². The second-order valence-electron chi connectivity index (χ2n) is 6.61. The number of para-hydroxylation sites is 1. The number of aromatic amines is 1. The van der Waals surface area contributed by atoms with E-state index in [0.29, 0.717) is 24.9 Å². The number of aryl methyl sites for hydroxylation is 2. The molecule has 23 heavy (non-hydrogen) atoms. The first kappa shape index (κ1) is 16.0. The number of aliphatic hydroxyl groups is 1. The van der Waals surface area contributed by atoms with Crippen molar-refractivity contribution in [3.8, 4) is 0 Å². The lowest BCUT2D eigenvalue weighted by molar-refractivity contribution is 0.0276. The van der Waals surface area contributed by atoms with Gasteiger partial charge in [-0.1, -0.05) is 12.1 Å². The highest BCUT2D eigenvalue weighted by Gasteiger charge is 2.28. The zero-order valence-electron chi connectivity index (χ0n) is 13.8. The number of nitrogens with one attached hydrogen (secondary N) is 3. The molecule has 2 aromatic rings. The molecule has 4 N–H and O–H groups in total. The largest absolute Gasteiger partial charge is 0.388 e. The molecule has 0 unspecified atom stereocenters. The second-order valence-corrected chi connectivity index (χ2v) is 6.61. The van der Waals surface area contributed by atoms with Gasteiger partial charge in [0.2, 0.25) is 0 Å². The van der Waals surface area contributed by atoms with Crippen molar-refractivity contribution in [3.05, 3.63) is 35.0 Å². The minimum absolute atomic E-state index is 0.137. The van der Waals surface area contributed by atoms with Crippen LogP contribution in [0.4, 0.5) is 0 Å². The molecule has 0 aliphatic carbocycles. The molecule has 0 spiro atoms. The van der Waals surface area contributed by atoms with E-state index in [2.05, 4.69) is 22.5 Å². The lowest BCUT2D eigenvalue weighted by Crippen LogP contribution is -2.43. The van der Waals surface area contributed by atoms with Crippen molar-refractivity contribution in [1.29, 1.82) is 0 Å². The Labute approximate surface area is 136 Å². The van der Waals surface area contributed by atoms with E-state index >= 15 is 0 Å². The quantitative estimate of drug-likeness (QED) is 0.700. The molecule has 2 heterocycles. The smallest absolute Gasteiger partial charge is 0.253 e. The van der Waals surface area contributed by atoms with Gasteiger partial charge < -0.3 is 20.7 Å². The molecule has 0 radical (unpaired) electrons. The number of aromatic nitrogens is 1. The highest BCUT2D eigenvalue weighted by atomic mass is 16.3. The number of carbonyl (C=O) groups is 1. The Kier molecular flexibility index (Phi) is 4.41. The monoisotopic (exact) mass is 315 g/mol. The minimum atomic E-state index is -0.811. The molecule has 1 saturated heterocycles. The molecular weight excluding hydrogens is 290 g/mol. The van der Waals surface area contributed by atoms with Crippen LogP contribution in [0, 0.1) is 13.8 Å². The lowest BCUT2D eigenvalue weighted by Gasteiger charge is -2.26. The molecule has 1 aromatic carbocycles. The molecule has 1 aliphatic rings. The van der Waals surface area contributed by atoms with Crippen LogP contribution in [0.2, 0.25) is 0 Å². The number of carbonyl (C=O) groups excluding carboxylic acids is 1. The van der Waals surface area contributed by atoms with Gasteiger partial charge in [-0.25, -0.2) is 0 Å².